The van der Waals surface area contributed by atoms with E-state index in [-0.39, 0.29) is 71.0 Å². The van der Waals surface area contributed by atoms with Gasteiger partial charge in [-0.2, -0.15) is 0 Å². The standard InChI is InChI=1S/C17H17Cl2FN2O3.C13H11Cl2FN2O2/c1-9(23)10(2)25-14-7-11(13(20)8-12(14)18)15-16(19)21-5-3-4-6-22(21)17(15)24;14-8-6-9(16)7(5-10(8)19)11-12(15)17-3-1-2-4-18(17)13(11)20/h7-8,10H,3-6H2,1-2H3;5-6,19H,1-4H2. The fraction of sp³-hybridized carbons (Fsp3) is 0.367. The molecule has 240 valence electrons. The Balaban J connectivity index is 0.000000182. The molecule has 1 N–H and O–H groups in total. The van der Waals surface area contributed by atoms with Gasteiger partial charge in [-0.05, 0) is 63.8 Å². The number of Topliss-reactive ketones (excluding diaryl/α,β-unsaturated/α-hetero) is 1. The number of phenols is 1. The van der Waals surface area contributed by atoms with Crippen molar-refractivity contribution in [2.75, 3.05) is 0 Å². The van der Waals surface area contributed by atoms with Crippen LogP contribution in [0.25, 0.3) is 22.3 Å². The van der Waals surface area contributed by atoms with Gasteiger partial charge in [0.05, 0.1) is 21.2 Å². The lowest BCUT2D eigenvalue weighted by Crippen LogP contribution is -2.27. The van der Waals surface area contributed by atoms with Crippen molar-refractivity contribution in [1.82, 2.24) is 18.7 Å². The predicted octanol–water partition coefficient (Wildman–Crippen LogP) is 7.17. The van der Waals surface area contributed by atoms with E-state index in [0.717, 1.165) is 43.9 Å². The topological polar surface area (TPSA) is 100 Å². The van der Waals surface area contributed by atoms with E-state index in [9.17, 15) is 28.3 Å². The lowest BCUT2D eigenvalue weighted by Gasteiger charge is -2.17. The number of ketones is 1. The number of hydrogen-bond donors (Lipinski definition) is 1. The van der Waals surface area contributed by atoms with Crippen molar-refractivity contribution in [2.45, 2.75) is 71.8 Å². The first-order chi connectivity index (χ1) is 21.3. The molecule has 1 atom stereocenters. The average Bonchev–Trinajstić information content (AvgIpc) is 3.41. The summed E-state index contributed by atoms with van der Waals surface area (Å²) in [6.07, 6.45) is 2.83. The number of ether oxygens (including phenoxy) is 1. The molecule has 0 aliphatic carbocycles. The van der Waals surface area contributed by atoms with Crippen molar-refractivity contribution < 1.29 is 23.4 Å². The van der Waals surface area contributed by atoms with Gasteiger partial charge in [0.1, 0.15) is 33.4 Å². The molecule has 2 aliphatic rings. The number of phenolic OH excluding ortho intramolecular Hbond substituents is 1. The molecule has 0 amide bonds. The summed E-state index contributed by atoms with van der Waals surface area (Å²) >= 11 is 24.2. The monoisotopic (exact) mass is 702 g/mol. The number of halogens is 6. The first kappa shape index (κ1) is 33.1. The molecular formula is C30H28Cl4F2N4O5. The molecule has 0 radical (unpaired) electrons. The van der Waals surface area contributed by atoms with Crippen LogP contribution in [-0.2, 0) is 31.0 Å². The highest BCUT2D eigenvalue weighted by atomic mass is 35.5. The highest BCUT2D eigenvalue weighted by Gasteiger charge is 2.27. The summed E-state index contributed by atoms with van der Waals surface area (Å²) in [5.41, 5.74) is -0.571. The average molecular weight is 704 g/mol. The van der Waals surface area contributed by atoms with Crippen LogP contribution < -0.4 is 15.9 Å². The van der Waals surface area contributed by atoms with Gasteiger partial charge in [0.2, 0.25) is 0 Å². The molecule has 2 aromatic carbocycles. The minimum Gasteiger partial charge on any atom is -0.506 e. The fourth-order valence-corrected chi connectivity index (χ4v) is 6.38. The SMILES string of the molecule is CC(=O)C(C)Oc1cc(-c2c(Cl)n3n(c2=O)CCCC3)c(F)cc1Cl.O=c1c(-c2cc(O)c(Cl)cc2F)c(Cl)n2n1CCCC2. The second-order valence-electron chi connectivity index (χ2n) is 10.8. The summed E-state index contributed by atoms with van der Waals surface area (Å²) in [5, 5.41) is 9.91. The van der Waals surface area contributed by atoms with Crippen LogP contribution in [0.2, 0.25) is 20.4 Å². The Bertz CT molecular complexity index is 1930. The number of carbonyl (C=O) groups is 1. The minimum atomic E-state index is -0.741. The van der Waals surface area contributed by atoms with Gasteiger partial charge in [-0.3, -0.25) is 23.7 Å². The number of nitrogens with zero attached hydrogens (tertiary/aromatic N) is 4. The largest absolute Gasteiger partial charge is 0.506 e. The smallest absolute Gasteiger partial charge is 0.276 e. The molecule has 2 aromatic heterocycles. The van der Waals surface area contributed by atoms with Crippen LogP contribution in [0.5, 0.6) is 11.5 Å². The van der Waals surface area contributed by atoms with E-state index in [4.69, 9.17) is 51.1 Å². The zero-order valence-corrected chi connectivity index (χ0v) is 27.2. The maximum atomic E-state index is 14.5. The first-order valence-corrected chi connectivity index (χ1v) is 15.7. The van der Waals surface area contributed by atoms with Crippen molar-refractivity contribution in [3.63, 3.8) is 0 Å². The van der Waals surface area contributed by atoms with Gasteiger partial charge in [0.15, 0.2) is 11.9 Å². The highest BCUT2D eigenvalue weighted by Crippen LogP contribution is 2.37. The Morgan fingerprint density at radius 3 is 1.62 bits per heavy atom. The van der Waals surface area contributed by atoms with Crippen LogP contribution in [0.15, 0.2) is 33.9 Å². The summed E-state index contributed by atoms with van der Waals surface area (Å²) in [6, 6.07) is 4.50. The predicted molar refractivity (Wildman–Crippen MR) is 169 cm³/mol. The van der Waals surface area contributed by atoms with Crippen molar-refractivity contribution in [3.8, 4) is 33.8 Å². The zero-order valence-electron chi connectivity index (χ0n) is 24.2. The van der Waals surface area contributed by atoms with Crippen molar-refractivity contribution in [1.29, 1.82) is 0 Å². The van der Waals surface area contributed by atoms with Gasteiger partial charge in [0.25, 0.3) is 11.1 Å². The van der Waals surface area contributed by atoms with E-state index in [1.54, 1.807) is 16.3 Å². The summed E-state index contributed by atoms with van der Waals surface area (Å²) in [7, 11) is 0. The molecule has 6 rings (SSSR count). The Hall–Kier alpha value is -3.25. The van der Waals surface area contributed by atoms with E-state index in [1.165, 1.54) is 22.4 Å². The number of hydrogen-bond acceptors (Lipinski definition) is 5. The molecule has 4 aromatic rings. The maximum Gasteiger partial charge on any atom is 0.276 e. The second kappa shape index (κ2) is 13.2. The normalized spacial score (nSPS) is 14.7. The van der Waals surface area contributed by atoms with Gasteiger partial charge < -0.3 is 9.84 Å². The van der Waals surface area contributed by atoms with E-state index in [2.05, 4.69) is 0 Å². The third kappa shape index (κ3) is 6.27. The van der Waals surface area contributed by atoms with E-state index in [1.807, 2.05) is 0 Å². The fourth-order valence-electron chi connectivity index (χ4n) is 5.32. The molecule has 0 saturated heterocycles. The summed E-state index contributed by atoms with van der Waals surface area (Å²) < 4.78 is 40.4. The quantitative estimate of drug-likeness (QED) is 0.238. The van der Waals surface area contributed by atoms with Gasteiger partial charge in [0, 0.05) is 37.3 Å². The number of benzene rings is 2. The highest BCUT2D eigenvalue weighted by molar-refractivity contribution is 6.34. The molecule has 0 fully saturated rings. The third-order valence-electron chi connectivity index (χ3n) is 7.80. The lowest BCUT2D eigenvalue weighted by molar-refractivity contribution is -0.122. The molecule has 45 heavy (non-hydrogen) atoms. The number of fused-ring (bicyclic) bond motifs is 2. The van der Waals surface area contributed by atoms with Crippen molar-refractivity contribution >= 4 is 52.2 Å². The summed E-state index contributed by atoms with van der Waals surface area (Å²) in [6.45, 7) is 5.27. The van der Waals surface area contributed by atoms with E-state index in [0.29, 0.717) is 26.2 Å². The molecule has 0 bridgehead atoms. The van der Waals surface area contributed by atoms with Crippen molar-refractivity contribution in [2.24, 2.45) is 0 Å². The van der Waals surface area contributed by atoms with Crippen LogP contribution in [0, 0.1) is 11.6 Å². The Kier molecular flexibility index (Phi) is 9.74. The van der Waals surface area contributed by atoms with Crippen LogP contribution in [0.4, 0.5) is 8.78 Å². The molecule has 4 heterocycles. The van der Waals surface area contributed by atoms with Gasteiger partial charge in [-0.1, -0.05) is 46.4 Å². The summed E-state index contributed by atoms with van der Waals surface area (Å²) in [5.74, 6) is -1.71. The molecule has 1 unspecified atom stereocenters. The van der Waals surface area contributed by atoms with Crippen LogP contribution in [0.3, 0.4) is 0 Å². The second-order valence-corrected chi connectivity index (χ2v) is 12.3. The molecular weight excluding hydrogens is 676 g/mol. The van der Waals surface area contributed by atoms with E-state index < -0.39 is 17.7 Å². The number of rotatable bonds is 5. The number of aromatic nitrogens is 4. The maximum absolute atomic E-state index is 14.5. The van der Waals surface area contributed by atoms with Gasteiger partial charge in [-0.25, -0.2) is 18.1 Å². The molecule has 15 heteroatoms. The lowest BCUT2D eigenvalue weighted by atomic mass is 10.1. The van der Waals surface area contributed by atoms with Crippen LogP contribution >= 0.6 is 46.4 Å². The van der Waals surface area contributed by atoms with E-state index >= 15 is 0 Å². The molecule has 0 saturated carbocycles. The first-order valence-electron chi connectivity index (χ1n) is 14.1. The third-order valence-corrected chi connectivity index (χ3v) is 9.16. The van der Waals surface area contributed by atoms with Crippen molar-refractivity contribution in [3.05, 3.63) is 77.0 Å². The Morgan fingerprint density at radius 1 is 0.756 bits per heavy atom. The van der Waals surface area contributed by atoms with Gasteiger partial charge >= 0.3 is 0 Å². The minimum absolute atomic E-state index is 0.0135. The Morgan fingerprint density at radius 2 is 1.18 bits per heavy atom. The molecule has 0 spiro atoms. The van der Waals surface area contributed by atoms with Crippen LogP contribution in [0.1, 0.15) is 39.5 Å². The van der Waals surface area contributed by atoms with Gasteiger partial charge in [-0.15, -0.1) is 0 Å². The summed E-state index contributed by atoms with van der Waals surface area (Å²) in [4.78, 5) is 36.4. The zero-order chi connectivity index (χ0) is 32.7. The number of aromatic hydroxyl groups is 1. The van der Waals surface area contributed by atoms with Crippen LogP contribution in [-0.4, -0.2) is 35.7 Å². The molecule has 2 aliphatic heterocycles. The number of carbonyl (C=O) groups excluding carboxylic acids is 1. The molecule has 9 nitrogen and oxygen atoms in total. The Labute approximate surface area is 276 Å².